The predicted molar refractivity (Wildman–Crippen MR) is 102 cm³/mol. The van der Waals surface area contributed by atoms with E-state index in [2.05, 4.69) is 10.4 Å². The second-order valence-corrected chi connectivity index (χ2v) is 8.48. The van der Waals surface area contributed by atoms with E-state index in [1.54, 1.807) is 4.68 Å². The van der Waals surface area contributed by atoms with Gasteiger partial charge in [0.05, 0.1) is 17.8 Å². The predicted octanol–water partition coefficient (Wildman–Crippen LogP) is 3.49. The van der Waals surface area contributed by atoms with Crippen molar-refractivity contribution < 1.29 is 18.7 Å². The monoisotopic (exact) mass is 387 g/mol. The van der Waals surface area contributed by atoms with Crippen LogP contribution in [0.1, 0.15) is 66.8 Å². The molecule has 6 nitrogen and oxygen atoms in total. The van der Waals surface area contributed by atoms with E-state index in [1.807, 2.05) is 26.8 Å². The molecular formula is C21H26FN3O3. The Balaban J connectivity index is 1.46. The van der Waals surface area contributed by atoms with E-state index < -0.39 is 0 Å². The molecule has 1 saturated carbocycles. The van der Waals surface area contributed by atoms with E-state index >= 15 is 0 Å². The molecule has 7 heteroatoms. The number of carbonyl (C=O) groups excluding carboxylic acids is 1. The standard InChI is InChI=1S/C21H26FN3O3/c1-21(2,3)25-18(10-17(24-25)13-4-5-13)20(26)23-7-6-14-8-16(22)9-15-11-27-12-28-19(14)15/h8-10,13H,4-7,11-12H2,1-3H3,(H,23,26). The van der Waals surface area contributed by atoms with Gasteiger partial charge in [-0.2, -0.15) is 5.10 Å². The number of benzene rings is 1. The zero-order chi connectivity index (χ0) is 19.9. The first-order valence-electron chi connectivity index (χ1n) is 9.73. The molecule has 0 bridgehead atoms. The number of amides is 1. The molecule has 1 fully saturated rings. The second-order valence-electron chi connectivity index (χ2n) is 8.48. The average Bonchev–Trinajstić information content (AvgIpc) is 3.38. The first-order valence-corrected chi connectivity index (χ1v) is 9.73. The number of aromatic nitrogens is 2. The van der Waals surface area contributed by atoms with Crippen molar-refractivity contribution in [3.8, 4) is 5.75 Å². The summed E-state index contributed by atoms with van der Waals surface area (Å²) in [5.74, 6) is 0.656. The van der Waals surface area contributed by atoms with Crippen LogP contribution in [0.5, 0.6) is 5.75 Å². The van der Waals surface area contributed by atoms with Crippen molar-refractivity contribution in [3.05, 3.63) is 46.5 Å². The van der Waals surface area contributed by atoms with Crippen LogP contribution in [0.25, 0.3) is 0 Å². The van der Waals surface area contributed by atoms with E-state index in [0.717, 1.165) is 24.1 Å². The molecule has 0 unspecified atom stereocenters. The van der Waals surface area contributed by atoms with Gasteiger partial charge >= 0.3 is 0 Å². The van der Waals surface area contributed by atoms with Gasteiger partial charge in [0.1, 0.15) is 17.3 Å². The molecule has 0 atom stereocenters. The molecule has 0 radical (unpaired) electrons. The number of hydrogen-bond donors (Lipinski definition) is 1. The van der Waals surface area contributed by atoms with Gasteiger partial charge in [-0.1, -0.05) is 0 Å². The number of hydrogen-bond acceptors (Lipinski definition) is 4. The minimum absolute atomic E-state index is 0.159. The maximum atomic E-state index is 13.9. The summed E-state index contributed by atoms with van der Waals surface area (Å²) in [5, 5.41) is 7.62. The largest absolute Gasteiger partial charge is 0.467 e. The molecule has 1 aromatic carbocycles. The fraction of sp³-hybridized carbons (Fsp3) is 0.524. The Morgan fingerprint density at radius 3 is 2.82 bits per heavy atom. The van der Waals surface area contributed by atoms with Gasteiger partial charge in [-0.25, -0.2) is 4.39 Å². The summed E-state index contributed by atoms with van der Waals surface area (Å²) in [4.78, 5) is 12.8. The van der Waals surface area contributed by atoms with Gasteiger partial charge in [-0.3, -0.25) is 9.48 Å². The highest BCUT2D eigenvalue weighted by atomic mass is 19.1. The maximum absolute atomic E-state index is 13.9. The molecule has 1 aromatic heterocycles. The molecule has 1 N–H and O–H groups in total. The summed E-state index contributed by atoms with van der Waals surface area (Å²) in [7, 11) is 0. The minimum atomic E-state index is -0.325. The van der Waals surface area contributed by atoms with Crippen LogP contribution in [-0.4, -0.2) is 29.0 Å². The lowest BCUT2D eigenvalue weighted by Crippen LogP contribution is -2.33. The smallest absolute Gasteiger partial charge is 0.269 e. The molecule has 1 amide bonds. The van der Waals surface area contributed by atoms with Crippen molar-refractivity contribution in [2.45, 2.75) is 58.1 Å². The first kappa shape index (κ1) is 18.9. The third-order valence-corrected chi connectivity index (χ3v) is 5.02. The molecule has 4 rings (SSSR count). The molecule has 0 spiro atoms. The van der Waals surface area contributed by atoms with Crippen LogP contribution in [-0.2, 0) is 23.3 Å². The Labute approximate surface area is 164 Å². The highest BCUT2D eigenvalue weighted by Gasteiger charge is 2.31. The summed E-state index contributed by atoms with van der Waals surface area (Å²) < 4.78 is 26.4. The summed E-state index contributed by atoms with van der Waals surface area (Å²) in [6.45, 7) is 6.98. The molecule has 150 valence electrons. The SMILES string of the molecule is CC(C)(C)n1nc(C2CC2)cc1C(=O)NCCc1cc(F)cc2c1OCOC2. The lowest BCUT2D eigenvalue weighted by Gasteiger charge is -2.22. The van der Waals surface area contributed by atoms with Gasteiger partial charge in [-0.05, 0) is 63.8 Å². The summed E-state index contributed by atoms with van der Waals surface area (Å²) >= 11 is 0. The van der Waals surface area contributed by atoms with Crippen LogP contribution in [0, 0.1) is 5.82 Å². The molecule has 1 aliphatic carbocycles. The average molecular weight is 387 g/mol. The van der Waals surface area contributed by atoms with Crippen molar-refractivity contribution >= 4 is 5.91 Å². The lowest BCUT2D eigenvalue weighted by molar-refractivity contribution is -0.0172. The van der Waals surface area contributed by atoms with E-state index in [-0.39, 0.29) is 24.1 Å². The Kier molecular flexibility index (Phi) is 4.87. The van der Waals surface area contributed by atoms with Crippen LogP contribution >= 0.6 is 0 Å². The summed E-state index contributed by atoms with van der Waals surface area (Å²) in [6.07, 6.45) is 2.75. The van der Waals surface area contributed by atoms with Crippen LogP contribution in [0.4, 0.5) is 4.39 Å². The van der Waals surface area contributed by atoms with Crippen LogP contribution < -0.4 is 10.1 Å². The van der Waals surface area contributed by atoms with Crippen LogP contribution in [0.2, 0.25) is 0 Å². The number of halogens is 1. The lowest BCUT2D eigenvalue weighted by atomic mass is 10.1. The molecule has 2 heterocycles. The maximum Gasteiger partial charge on any atom is 0.269 e. The number of nitrogens with one attached hydrogen (secondary N) is 1. The van der Waals surface area contributed by atoms with Gasteiger partial charge in [0.15, 0.2) is 6.79 Å². The zero-order valence-corrected chi connectivity index (χ0v) is 16.5. The van der Waals surface area contributed by atoms with E-state index in [4.69, 9.17) is 9.47 Å². The van der Waals surface area contributed by atoms with E-state index in [1.165, 1.54) is 12.1 Å². The van der Waals surface area contributed by atoms with E-state index in [0.29, 0.717) is 42.5 Å². The fourth-order valence-electron chi connectivity index (χ4n) is 3.49. The van der Waals surface area contributed by atoms with Crippen LogP contribution in [0.3, 0.4) is 0 Å². The molecular weight excluding hydrogens is 361 g/mol. The quantitative estimate of drug-likeness (QED) is 0.853. The highest BCUT2D eigenvalue weighted by molar-refractivity contribution is 5.92. The Morgan fingerprint density at radius 1 is 1.32 bits per heavy atom. The fourth-order valence-corrected chi connectivity index (χ4v) is 3.49. The summed E-state index contributed by atoms with van der Waals surface area (Å²) in [6, 6.07) is 4.79. The molecule has 28 heavy (non-hydrogen) atoms. The molecule has 2 aliphatic rings. The van der Waals surface area contributed by atoms with Crippen molar-refractivity contribution in [1.82, 2.24) is 15.1 Å². The Bertz CT molecular complexity index is 897. The van der Waals surface area contributed by atoms with E-state index in [9.17, 15) is 9.18 Å². The van der Waals surface area contributed by atoms with Gasteiger partial charge in [0, 0.05) is 18.0 Å². The van der Waals surface area contributed by atoms with Gasteiger partial charge in [0.25, 0.3) is 5.91 Å². The third-order valence-electron chi connectivity index (χ3n) is 5.02. The Hall–Kier alpha value is -2.41. The van der Waals surface area contributed by atoms with Gasteiger partial charge in [0.2, 0.25) is 0 Å². The molecule has 0 saturated heterocycles. The van der Waals surface area contributed by atoms with Crippen molar-refractivity contribution in [3.63, 3.8) is 0 Å². The minimum Gasteiger partial charge on any atom is -0.467 e. The Morgan fingerprint density at radius 2 is 2.11 bits per heavy atom. The number of ether oxygens (including phenoxy) is 2. The topological polar surface area (TPSA) is 65.4 Å². The van der Waals surface area contributed by atoms with Gasteiger partial charge < -0.3 is 14.8 Å². The highest BCUT2D eigenvalue weighted by Crippen LogP contribution is 2.40. The first-order chi connectivity index (χ1) is 13.3. The van der Waals surface area contributed by atoms with Crippen LogP contribution in [0.15, 0.2) is 18.2 Å². The third kappa shape index (κ3) is 3.90. The van der Waals surface area contributed by atoms with Crippen molar-refractivity contribution in [2.24, 2.45) is 0 Å². The number of nitrogens with zero attached hydrogens (tertiary/aromatic N) is 2. The number of rotatable bonds is 5. The van der Waals surface area contributed by atoms with Crippen molar-refractivity contribution in [2.75, 3.05) is 13.3 Å². The van der Waals surface area contributed by atoms with Crippen molar-refractivity contribution in [1.29, 1.82) is 0 Å². The molecule has 2 aromatic rings. The second kappa shape index (κ2) is 7.20. The molecule has 1 aliphatic heterocycles. The zero-order valence-electron chi connectivity index (χ0n) is 16.5. The number of carbonyl (C=O) groups is 1. The van der Waals surface area contributed by atoms with Gasteiger partial charge in [-0.15, -0.1) is 0 Å². The summed E-state index contributed by atoms with van der Waals surface area (Å²) in [5.41, 5.74) is 2.72. The number of fused-ring (bicyclic) bond motifs is 1. The normalized spacial score (nSPS) is 16.4.